The topological polar surface area (TPSA) is 41.1 Å². The van der Waals surface area contributed by atoms with E-state index in [0.29, 0.717) is 6.54 Å². The Labute approximate surface area is 140 Å². The smallest absolute Gasteiger partial charge is 0.251 e. The molecule has 0 saturated heterocycles. The van der Waals surface area contributed by atoms with Gasteiger partial charge in [0.05, 0.1) is 0 Å². The molecular weight excluding hydrogens is 284 g/mol. The van der Waals surface area contributed by atoms with Crippen molar-refractivity contribution in [1.29, 1.82) is 0 Å². The highest BCUT2D eigenvalue weighted by atomic mass is 16.1. The fourth-order valence-corrected chi connectivity index (χ4v) is 3.21. The van der Waals surface area contributed by atoms with Gasteiger partial charge in [-0.25, -0.2) is 0 Å². The second kappa shape index (κ2) is 8.88. The normalized spacial score (nSPS) is 22.9. The van der Waals surface area contributed by atoms with Crippen molar-refractivity contribution in [3.8, 4) is 0 Å². The highest BCUT2D eigenvalue weighted by Gasteiger charge is 2.22. The number of benzene rings is 1. The fraction of sp³-hybridized carbons (Fsp3) is 0.550. The number of carbonyl (C=O) groups is 1. The molecule has 1 aromatic carbocycles. The van der Waals surface area contributed by atoms with Gasteiger partial charge in [0.2, 0.25) is 0 Å². The number of allylic oxidation sites excluding steroid dienone is 2. The number of amides is 1. The Bertz CT molecular complexity index is 521. The molecule has 0 aliphatic heterocycles. The minimum atomic E-state index is 0.00358. The fourth-order valence-electron chi connectivity index (χ4n) is 3.21. The molecule has 0 spiro atoms. The summed E-state index contributed by atoms with van der Waals surface area (Å²) in [5.41, 5.74) is 2.30. The van der Waals surface area contributed by atoms with E-state index in [2.05, 4.69) is 41.8 Å². The van der Waals surface area contributed by atoms with Gasteiger partial charge in [0, 0.05) is 18.7 Å². The van der Waals surface area contributed by atoms with Crippen molar-refractivity contribution in [2.24, 2.45) is 5.41 Å². The van der Waals surface area contributed by atoms with E-state index in [4.69, 9.17) is 0 Å². The Morgan fingerprint density at radius 3 is 2.65 bits per heavy atom. The molecule has 3 nitrogen and oxygen atoms in total. The van der Waals surface area contributed by atoms with Crippen molar-refractivity contribution in [2.45, 2.75) is 45.4 Å². The number of hydrogen-bond donors (Lipinski definition) is 2. The van der Waals surface area contributed by atoms with Crippen LogP contribution in [0, 0.1) is 5.41 Å². The van der Waals surface area contributed by atoms with E-state index in [9.17, 15) is 4.79 Å². The van der Waals surface area contributed by atoms with Crippen molar-refractivity contribution in [3.05, 3.63) is 47.5 Å². The predicted octanol–water partition coefficient (Wildman–Crippen LogP) is 3.70. The molecule has 0 radical (unpaired) electrons. The summed E-state index contributed by atoms with van der Waals surface area (Å²) < 4.78 is 0. The minimum absolute atomic E-state index is 0.00358. The highest BCUT2D eigenvalue weighted by molar-refractivity contribution is 5.94. The Morgan fingerprint density at radius 1 is 1.13 bits per heavy atom. The van der Waals surface area contributed by atoms with Gasteiger partial charge in [-0.2, -0.15) is 0 Å². The Hall–Kier alpha value is -1.61. The quantitative estimate of drug-likeness (QED) is 0.621. The van der Waals surface area contributed by atoms with Crippen LogP contribution in [0.3, 0.4) is 0 Å². The van der Waals surface area contributed by atoms with E-state index in [0.717, 1.165) is 18.5 Å². The van der Waals surface area contributed by atoms with E-state index in [1.165, 1.54) is 37.7 Å². The largest absolute Gasteiger partial charge is 0.351 e. The van der Waals surface area contributed by atoms with Crippen LogP contribution in [0.25, 0.3) is 0 Å². The maximum Gasteiger partial charge on any atom is 0.251 e. The molecule has 2 rings (SSSR count). The van der Waals surface area contributed by atoms with Crippen LogP contribution in [0.5, 0.6) is 0 Å². The van der Waals surface area contributed by atoms with Crippen LogP contribution in [0.1, 0.15) is 54.9 Å². The Balaban J connectivity index is 1.96. The van der Waals surface area contributed by atoms with Crippen molar-refractivity contribution in [2.75, 3.05) is 20.1 Å². The van der Waals surface area contributed by atoms with Gasteiger partial charge in [0.15, 0.2) is 0 Å². The summed E-state index contributed by atoms with van der Waals surface area (Å²) in [7, 11) is 1.88. The van der Waals surface area contributed by atoms with E-state index >= 15 is 0 Å². The van der Waals surface area contributed by atoms with Crippen molar-refractivity contribution >= 4 is 5.91 Å². The summed E-state index contributed by atoms with van der Waals surface area (Å²) in [6.45, 7) is 3.79. The van der Waals surface area contributed by atoms with Crippen molar-refractivity contribution < 1.29 is 4.79 Å². The van der Waals surface area contributed by atoms with Crippen molar-refractivity contribution in [3.63, 3.8) is 0 Å². The molecule has 1 atom stereocenters. The third-order valence-corrected chi connectivity index (χ3v) is 4.62. The van der Waals surface area contributed by atoms with Gasteiger partial charge >= 0.3 is 0 Å². The van der Waals surface area contributed by atoms with Crippen LogP contribution in [0.15, 0.2) is 36.4 Å². The van der Waals surface area contributed by atoms with Gasteiger partial charge in [-0.15, -0.1) is 0 Å². The van der Waals surface area contributed by atoms with E-state index in [1.807, 2.05) is 19.2 Å². The standard InChI is InChI=1S/C20H30N2O/c1-20(12-6-4-3-5-7-13-20)16-17-8-10-18(11-9-17)19(23)22-15-14-21-2/h6,8-12,21H,3-5,7,13-16H2,1-2H3,(H,22,23)/b12-6-. The summed E-state index contributed by atoms with van der Waals surface area (Å²) in [5.74, 6) is 0.00358. The maximum atomic E-state index is 12.0. The Morgan fingerprint density at radius 2 is 1.91 bits per heavy atom. The van der Waals surface area contributed by atoms with Gasteiger partial charge in [0.25, 0.3) is 5.91 Å². The molecule has 1 aromatic rings. The molecule has 1 unspecified atom stereocenters. The Kier molecular flexibility index (Phi) is 6.85. The molecule has 23 heavy (non-hydrogen) atoms. The van der Waals surface area contributed by atoms with E-state index in [1.54, 1.807) is 0 Å². The first-order valence-corrected chi connectivity index (χ1v) is 8.82. The second-order valence-electron chi connectivity index (χ2n) is 6.89. The zero-order valence-corrected chi connectivity index (χ0v) is 14.5. The molecule has 1 aliphatic rings. The number of rotatable bonds is 6. The summed E-state index contributed by atoms with van der Waals surface area (Å²) in [6, 6.07) is 8.09. The summed E-state index contributed by atoms with van der Waals surface area (Å²) >= 11 is 0. The van der Waals surface area contributed by atoms with Crippen LogP contribution in [0.4, 0.5) is 0 Å². The van der Waals surface area contributed by atoms with Crippen LogP contribution < -0.4 is 10.6 Å². The SMILES string of the molecule is CNCCNC(=O)c1ccc(CC2(C)/C=C\CCCCC2)cc1. The van der Waals surface area contributed by atoms with Gasteiger partial charge in [-0.3, -0.25) is 4.79 Å². The third-order valence-electron chi connectivity index (χ3n) is 4.62. The van der Waals surface area contributed by atoms with Crippen LogP contribution in [-0.4, -0.2) is 26.0 Å². The summed E-state index contributed by atoms with van der Waals surface area (Å²) in [5, 5.41) is 5.93. The first kappa shape index (κ1) is 17.7. The first-order valence-electron chi connectivity index (χ1n) is 8.82. The van der Waals surface area contributed by atoms with E-state index < -0.39 is 0 Å². The van der Waals surface area contributed by atoms with E-state index in [-0.39, 0.29) is 11.3 Å². The molecule has 0 bridgehead atoms. The average Bonchev–Trinajstić information content (AvgIpc) is 2.52. The van der Waals surface area contributed by atoms with Crippen LogP contribution >= 0.6 is 0 Å². The molecular formula is C20H30N2O. The lowest BCUT2D eigenvalue weighted by Crippen LogP contribution is -2.30. The number of carbonyl (C=O) groups excluding carboxylic acids is 1. The van der Waals surface area contributed by atoms with Gasteiger partial charge in [-0.1, -0.05) is 44.1 Å². The first-order chi connectivity index (χ1) is 11.1. The number of nitrogens with one attached hydrogen (secondary N) is 2. The van der Waals surface area contributed by atoms with Crippen molar-refractivity contribution in [1.82, 2.24) is 10.6 Å². The molecule has 126 valence electrons. The minimum Gasteiger partial charge on any atom is -0.351 e. The lowest BCUT2D eigenvalue weighted by Gasteiger charge is -2.28. The summed E-state index contributed by atoms with van der Waals surface area (Å²) in [6.07, 6.45) is 12.2. The lowest BCUT2D eigenvalue weighted by atomic mass is 9.77. The molecule has 0 saturated carbocycles. The molecule has 0 fully saturated rings. The van der Waals surface area contributed by atoms with Gasteiger partial charge < -0.3 is 10.6 Å². The molecule has 0 heterocycles. The molecule has 1 amide bonds. The summed E-state index contributed by atoms with van der Waals surface area (Å²) in [4.78, 5) is 12.0. The zero-order valence-electron chi connectivity index (χ0n) is 14.5. The highest BCUT2D eigenvalue weighted by Crippen LogP contribution is 2.32. The third kappa shape index (κ3) is 5.83. The molecule has 2 N–H and O–H groups in total. The monoisotopic (exact) mass is 314 g/mol. The lowest BCUT2D eigenvalue weighted by molar-refractivity contribution is 0.0954. The van der Waals surface area contributed by atoms with Gasteiger partial charge in [-0.05, 0) is 55.8 Å². The average molecular weight is 314 g/mol. The number of likely N-dealkylation sites (N-methyl/N-ethyl adjacent to an activating group) is 1. The molecule has 0 aromatic heterocycles. The number of hydrogen-bond acceptors (Lipinski definition) is 2. The second-order valence-corrected chi connectivity index (χ2v) is 6.89. The maximum absolute atomic E-state index is 12.0. The van der Waals surface area contributed by atoms with Crippen LogP contribution in [-0.2, 0) is 6.42 Å². The van der Waals surface area contributed by atoms with Crippen LogP contribution in [0.2, 0.25) is 0 Å². The molecule has 3 heteroatoms. The van der Waals surface area contributed by atoms with Gasteiger partial charge in [0.1, 0.15) is 0 Å². The zero-order chi connectivity index (χ0) is 16.5. The molecule has 1 aliphatic carbocycles. The predicted molar refractivity (Wildman–Crippen MR) is 96.7 cm³/mol.